The van der Waals surface area contributed by atoms with Gasteiger partial charge in [-0.05, 0) is 70.1 Å². The number of hydrogen-bond acceptors (Lipinski definition) is 5. The lowest BCUT2D eigenvalue weighted by Gasteiger charge is -2.26. The van der Waals surface area contributed by atoms with E-state index in [1.165, 1.54) is 19.4 Å². The topological polar surface area (TPSA) is 72.8 Å². The Labute approximate surface area is 175 Å². The van der Waals surface area contributed by atoms with Gasteiger partial charge in [-0.15, -0.1) is 0 Å². The predicted octanol–water partition coefficient (Wildman–Crippen LogP) is 4.82. The third-order valence-corrected chi connectivity index (χ3v) is 5.21. The van der Waals surface area contributed by atoms with Crippen molar-refractivity contribution >= 4 is 11.9 Å². The maximum atomic E-state index is 11.8. The van der Waals surface area contributed by atoms with Crippen molar-refractivity contribution in [2.45, 2.75) is 78.9 Å². The molecule has 0 spiro atoms. The van der Waals surface area contributed by atoms with Crippen molar-refractivity contribution in [1.29, 1.82) is 0 Å². The Morgan fingerprint density at radius 1 is 1.10 bits per heavy atom. The van der Waals surface area contributed by atoms with E-state index in [0.717, 1.165) is 36.0 Å². The fourth-order valence-corrected chi connectivity index (χ4v) is 3.36. The molecule has 1 rings (SSSR count). The van der Waals surface area contributed by atoms with Gasteiger partial charge >= 0.3 is 11.9 Å². The zero-order valence-corrected chi connectivity index (χ0v) is 18.5. The average Bonchev–Trinajstić information content (AvgIpc) is 2.61. The largest absolute Gasteiger partial charge is 0.461 e. The van der Waals surface area contributed by atoms with Crippen molar-refractivity contribution in [1.82, 2.24) is 0 Å². The smallest absolute Gasteiger partial charge is 0.303 e. The lowest BCUT2D eigenvalue weighted by Crippen LogP contribution is -2.26. The molecule has 0 heterocycles. The summed E-state index contributed by atoms with van der Waals surface area (Å²) < 4.78 is 10.8. The van der Waals surface area contributed by atoms with Gasteiger partial charge in [-0.1, -0.05) is 29.9 Å². The first kappa shape index (κ1) is 24.9. The molecule has 0 saturated heterocycles. The van der Waals surface area contributed by atoms with Crippen molar-refractivity contribution in [2.24, 2.45) is 5.92 Å². The molecule has 29 heavy (non-hydrogen) atoms. The van der Waals surface area contributed by atoms with Gasteiger partial charge in [-0.3, -0.25) is 9.59 Å². The number of allylic oxidation sites excluding steroid dienone is 3. The van der Waals surface area contributed by atoms with Gasteiger partial charge in [-0.25, -0.2) is 0 Å². The molecular weight excluding hydrogens is 368 g/mol. The molecule has 0 aliphatic heterocycles. The lowest BCUT2D eigenvalue weighted by molar-refractivity contribution is -0.146. The van der Waals surface area contributed by atoms with Crippen LogP contribution in [-0.4, -0.2) is 35.9 Å². The Bertz CT molecular complexity index is 683. The standard InChI is InChI=1S/C24H36O5/c1-16(2)22-12-10-17(3)8-7-9-18(4)23(27)13-11-21(15-28-19(5)25)14-24(22)29-20(6)26/h8-9,14,22-24,27H,1,7,10-13,15H2,2-6H3/b17-8+,18-9+,21-14+/t22-,23-,24+/m1/s1. The summed E-state index contributed by atoms with van der Waals surface area (Å²) in [5.74, 6) is -0.778. The fraction of sp³-hybridized carbons (Fsp3) is 0.583. The SMILES string of the molecule is C=C(C)[C@H]1CC/C(C)=C/C/C=C(\C)[C@H](O)CC/C(COC(C)=O)=C\[C@@H]1OC(C)=O. The summed E-state index contributed by atoms with van der Waals surface area (Å²) >= 11 is 0. The van der Waals surface area contributed by atoms with E-state index in [1.54, 1.807) is 0 Å². The van der Waals surface area contributed by atoms with E-state index in [4.69, 9.17) is 9.47 Å². The Morgan fingerprint density at radius 3 is 2.38 bits per heavy atom. The molecule has 1 aliphatic rings. The summed E-state index contributed by atoms with van der Waals surface area (Å²) in [6, 6.07) is 0. The highest BCUT2D eigenvalue weighted by molar-refractivity contribution is 5.66. The second-order valence-electron chi connectivity index (χ2n) is 7.96. The normalized spacial score (nSPS) is 29.7. The van der Waals surface area contributed by atoms with Crippen LogP contribution in [0.15, 0.2) is 47.1 Å². The average molecular weight is 405 g/mol. The summed E-state index contributed by atoms with van der Waals surface area (Å²) in [6.07, 6.45) is 8.51. The van der Waals surface area contributed by atoms with Gasteiger partial charge in [0.2, 0.25) is 0 Å². The van der Waals surface area contributed by atoms with E-state index in [1.807, 2.05) is 26.0 Å². The van der Waals surface area contributed by atoms with Gasteiger partial charge in [0.1, 0.15) is 12.7 Å². The van der Waals surface area contributed by atoms with Crippen LogP contribution in [0.4, 0.5) is 0 Å². The number of ether oxygens (including phenoxy) is 2. The Balaban J connectivity index is 3.30. The van der Waals surface area contributed by atoms with Crippen molar-refractivity contribution in [3.63, 3.8) is 0 Å². The van der Waals surface area contributed by atoms with Crippen LogP contribution in [0.5, 0.6) is 0 Å². The van der Waals surface area contributed by atoms with Crippen LogP contribution >= 0.6 is 0 Å². The molecule has 1 aliphatic carbocycles. The van der Waals surface area contributed by atoms with Crippen LogP contribution in [0.2, 0.25) is 0 Å². The van der Waals surface area contributed by atoms with Crippen LogP contribution in [0.3, 0.4) is 0 Å². The molecule has 0 aromatic carbocycles. The van der Waals surface area contributed by atoms with E-state index in [-0.39, 0.29) is 24.5 Å². The van der Waals surface area contributed by atoms with E-state index >= 15 is 0 Å². The first-order valence-corrected chi connectivity index (χ1v) is 10.3. The van der Waals surface area contributed by atoms with E-state index in [2.05, 4.69) is 19.6 Å². The maximum absolute atomic E-state index is 11.8. The van der Waals surface area contributed by atoms with Crippen LogP contribution < -0.4 is 0 Å². The van der Waals surface area contributed by atoms with Gasteiger partial charge in [0, 0.05) is 19.8 Å². The third-order valence-electron chi connectivity index (χ3n) is 5.21. The van der Waals surface area contributed by atoms with Crippen molar-refractivity contribution < 1.29 is 24.2 Å². The molecule has 3 atom stereocenters. The Kier molecular flexibility index (Phi) is 10.7. The molecule has 0 fully saturated rings. The molecule has 5 heteroatoms. The molecule has 0 unspecified atom stereocenters. The molecular formula is C24H36O5. The lowest BCUT2D eigenvalue weighted by atomic mass is 9.87. The minimum absolute atomic E-state index is 0.0419. The Morgan fingerprint density at radius 2 is 1.79 bits per heavy atom. The van der Waals surface area contributed by atoms with Crippen LogP contribution in [-0.2, 0) is 19.1 Å². The summed E-state index contributed by atoms with van der Waals surface area (Å²) in [6.45, 7) is 12.9. The number of esters is 2. The minimum atomic E-state index is -0.573. The van der Waals surface area contributed by atoms with Gasteiger partial charge in [0.15, 0.2) is 0 Å². The highest BCUT2D eigenvalue weighted by Crippen LogP contribution is 2.28. The van der Waals surface area contributed by atoms with E-state index in [0.29, 0.717) is 12.8 Å². The van der Waals surface area contributed by atoms with Crippen LogP contribution in [0.1, 0.15) is 66.7 Å². The fourth-order valence-electron chi connectivity index (χ4n) is 3.36. The maximum Gasteiger partial charge on any atom is 0.303 e. The molecule has 5 nitrogen and oxygen atoms in total. The van der Waals surface area contributed by atoms with Gasteiger partial charge in [-0.2, -0.15) is 0 Å². The van der Waals surface area contributed by atoms with Crippen molar-refractivity contribution in [3.05, 3.63) is 47.1 Å². The van der Waals surface area contributed by atoms with E-state index < -0.39 is 12.2 Å². The molecule has 162 valence electrons. The highest BCUT2D eigenvalue weighted by Gasteiger charge is 2.24. The first-order chi connectivity index (χ1) is 13.6. The molecule has 0 amide bonds. The molecule has 0 radical (unpaired) electrons. The Hall–Kier alpha value is -2.14. The quantitative estimate of drug-likeness (QED) is 0.537. The zero-order chi connectivity index (χ0) is 22.0. The summed E-state index contributed by atoms with van der Waals surface area (Å²) in [5, 5.41) is 10.5. The number of rotatable bonds is 4. The molecule has 0 saturated carbocycles. The summed E-state index contributed by atoms with van der Waals surface area (Å²) in [7, 11) is 0. The number of aliphatic hydroxyl groups is 1. The van der Waals surface area contributed by atoms with Crippen molar-refractivity contribution in [3.8, 4) is 0 Å². The predicted molar refractivity (Wildman–Crippen MR) is 115 cm³/mol. The second kappa shape index (κ2) is 12.4. The summed E-state index contributed by atoms with van der Waals surface area (Å²) in [5.41, 5.74) is 3.94. The van der Waals surface area contributed by atoms with Crippen LogP contribution in [0, 0.1) is 5.92 Å². The number of aliphatic hydroxyl groups excluding tert-OH is 1. The minimum Gasteiger partial charge on any atom is -0.461 e. The van der Waals surface area contributed by atoms with Crippen molar-refractivity contribution in [2.75, 3.05) is 6.61 Å². The van der Waals surface area contributed by atoms with Gasteiger partial charge in [0.25, 0.3) is 0 Å². The monoisotopic (exact) mass is 404 g/mol. The molecule has 0 bridgehead atoms. The number of carbonyl (C=O) groups excluding carboxylic acids is 2. The number of carbonyl (C=O) groups is 2. The van der Waals surface area contributed by atoms with Crippen LogP contribution in [0.25, 0.3) is 0 Å². The van der Waals surface area contributed by atoms with Gasteiger partial charge < -0.3 is 14.6 Å². The van der Waals surface area contributed by atoms with E-state index in [9.17, 15) is 14.7 Å². The first-order valence-electron chi connectivity index (χ1n) is 10.3. The highest BCUT2D eigenvalue weighted by atomic mass is 16.5. The molecule has 0 aromatic heterocycles. The second-order valence-corrected chi connectivity index (χ2v) is 7.96. The molecule has 0 aromatic rings. The van der Waals surface area contributed by atoms with Gasteiger partial charge in [0.05, 0.1) is 6.10 Å². The molecule has 1 N–H and O–H groups in total. The third kappa shape index (κ3) is 9.75. The summed E-state index contributed by atoms with van der Waals surface area (Å²) in [4.78, 5) is 23.1. The number of hydrogen-bond donors (Lipinski definition) is 1. The zero-order valence-electron chi connectivity index (χ0n) is 18.5.